The maximum Gasteiger partial charge on any atom is 0.351 e. The zero-order valence-corrected chi connectivity index (χ0v) is 29.1. The first-order chi connectivity index (χ1) is 22.2. The fourth-order valence-corrected chi connectivity index (χ4v) is 9.14. The molecule has 11 heteroatoms. The molecule has 48 heavy (non-hydrogen) atoms. The molecule has 1 aromatic heterocycles. The molecule has 4 bridgehead atoms. The highest BCUT2D eigenvalue weighted by molar-refractivity contribution is 5.95. The highest BCUT2D eigenvalue weighted by Crippen LogP contribution is 2.67. The third-order valence-electron chi connectivity index (χ3n) is 13.4. The van der Waals surface area contributed by atoms with Crippen LogP contribution in [0, 0.1) is 21.7 Å². The predicted octanol–water partition coefficient (Wildman–Crippen LogP) is 5.66. The molecule has 2 aromatic rings. The van der Waals surface area contributed by atoms with Crippen molar-refractivity contribution in [3.63, 3.8) is 0 Å². The molecule has 2 saturated heterocycles. The van der Waals surface area contributed by atoms with Gasteiger partial charge in [0.15, 0.2) is 12.2 Å². The maximum absolute atomic E-state index is 14.5. The Bertz CT molecular complexity index is 1870. The number of ether oxygens (including phenoxy) is 5. The van der Waals surface area contributed by atoms with Crippen LogP contribution in [0.2, 0.25) is 0 Å². The molecule has 0 amide bonds. The second-order valence-electron chi connectivity index (χ2n) is 16.4. The number of hydrogen-bond donors (Lipinski definition) is 0. The van der Waals surface area contributed by atoms with Crippen molar-refractivity contribution >= 4 is 34.8 Å². The van der Waals surface area contributed by atoms with Crippen LogP contribution < -0.4 is 10.4 Å². The third-order valence-corrected chi connectivity index (χ3v) is 13.4. The van der Waals surface area contributed by atoms with Crippen LogP contribution in [0.1, 0.15) is 112 Å². The van der Waals surface area contributed by atoms with Gasteiger partial charge in [-0.3, -0.25) is 9.59 Å². The highest BCUT2D eigenvalue weighted by atomic mass is 16.7. The summed E-state index contributed by atoms with van der Waals surface area (Å²) < 4.78 is 36.8. The van der Waals surface area contributed by atoms with E-state index in [1.165, 1.54) is 6.07 Å². The topological polar surface area (TPSA) is 145 Å². The standard InChI is InChI=1S/C37H44O11/c1-10-11-19-18-22(38)43-24-20(19)12-13-21-23(24)25(44-29(41)36-16-14-34(8,27(39)47-36)32(36,4)5)26(31(2,3)46-21)45-30(42)37-17-15-35(9,28(40)48-37)33(37,6)7/h12-13,18,25-26H,10-11,14-17H2,1-9H3/t25-,26-,34?,35?,36?,37?/m1/s1. The highest BCUT2D eigenvalue weighted by Gasteiger charge is 2.78. The van der Waals surface area contributed by atoms with Gasteiger partial charge in [0.05, 0.1) is 16.4 Å². The van der Waals surface area contributed by atoms with E-state index in [4.69, 9.17) is 28.1 Å². The zero-order valence-electron chi connectivity index (χ0n) is 29.1. The molecule has 4 heterocycles. The van der Waals surface area contributed by atoms with Crippen molar-refractivity contribution in [1.82, 2.24) is 0 Å². The van der Waals surface area contributed by atoms with Gasteiger partial charge in [-0.2, -0.15) is 0 Å². The SMILES string of the molecule is CCCc1cc(=O)oc2c3c(ccc12)OC(C)(C)[C@H](OC(=O)C12CCC(C)(C(=O)O1)C2(C)C)[C@@H]3OC(=O)C12CCC(C)(C(=O)O1)C2(C)C. The number of esters is 4. The Morgan fingerprint density at radius 3 is 1.79 bits per heavy atom. The summed E-state index contributed by atoms with van der Waals surface area (Å²) in [5.74, 6) is -2.22. The quantitative estimate of drug-likeness (QED) is 0.214. The molecule has 6 atom stereocenters. The molecule has 0 spiro atoms. The van der Waals surface area contributed by atoms with E-state index in [0.717, 1.165) is 12.0 Å². The minimum absolute atomic E-state index is 0.147. The lowest BCUT2D eigenvalue weighted by atomic mass is 9.66. The molecule has 0 radical (unpaired) electrons. The van der Waals surface area contributed by atoms with Gasteiger partial charge in [0, 0.05) is 22.3 Å². The van der Waals surface area contributed by atoms with Crippen LogP contribution in [0.3, 0.4) is 0 Å². The number of fused-ring (bicyclic) bond motifs is 7. The summed E-state index contributed by atoms with van der Waals surface area (Å²) in [6, 6.07) is 4.96. The van der Waals surface area contributed by atoms with E-state index in [1.807, 2.05) is 34.6 Å². The fraction of sp³-hybridized carbons (Fsp3) is 0.649. The van der Waals surface area contributed by atoms with Gasteiger partial charge in [-0.15, -0.1) is 0 Å². The first-order valence-electron chi connectivity index (χ1n) is 16.9. The van der Waals surface area contributed by atoms with Gasteiger partial charge in [-0.05, 0) is 77.5 Å². The molecule has 258 valence electrons. The van der Waals surface area contributed by atoms with Crippen molar-refractivity contribution in [2.75, 3.05) is 0 Å². The average molecular weight is 665 g/mol. The van der Waals surface area contributed by atoms with E-state index < -0.39 is 80.2 Å². The molecule has 4 fully saturated rings. The Morgan fingerprint density at radius 1 is 0.771 bits per heavy atom. The average Bonchev–Trinajstić information content (AvgIpc) is 3.46. The van der Waals surface area contributed by atoms with E-state index >= 15 is 0 Å². The first-order valence-corrected chi connectivity index (χ1v) is 16.9. The van der Waals surface area contributed by atoms with Crippen molar-refractivity contribution < 1.29 is 47.3 Å². The molecule has 2 aliphatic carbocycles. The summed E-state index contributed by atoms with van der Waals surface area (Å²) >= 11 is 0. The summed E-state index contributed by atoms with van der Waals surface area (Å²) in [5.41, 5.74) is -7.54. The van der Waals surface area contributed by atoms with Crippen LogP contribution in [-0.2, 0) is 44.5 Å². The lowest BCUT2D eigenvalue weighted by Gasteiger charge is -2.45. The van der Waals surface area contributed by atoms with Crippen molar-refractivity contribution in [3.05, 3.63) is 39.7 Å². The molecular formula is C37H44O11. The van der Waals surface area contributed by atoms with E-state index in [1.54, 1.807) is 39.8 Å². The molecule has 4 unspecified atom stereocenters. The number of benzene rings is 1. The summed E-state index contributed by atoms with van der Waals surface area (Å²) in [7, 11) is 0. The Kier molecular flexibility index (Phi) is 6.55. The van der Waals surface area contributed by atoms with Crippen molar-refractivity contribution in [1.29, 1.82) is 0 Å². The van der Waals surface area contributed by atoms with Crippen LogP contribution >= 0.6 is 0 Å². The molecule has 7 rings (SSSR count). The Hall–Kier alpha value is -3.89. The Morgan fingerprint density at radius 2 is 1.31 bits per heavy atom. The summed E-state index contributed by atoms with van der Waals surface area (Å²) in [5, 5.41) is 0.625. The molecule has 3 aliphatic heterocycles. The van der Waals surface area contributed by atoms with Gasteiger partial charge in [0.2, 0.25) is 11.2 Å². The van der Waals surface area contributed by atoms with Gasteiger partial charge in [0.25, 0.3) is 0 Å². The zero-order chi connectivity index (χ0) is 35.0. The van der Waals surface area contributed by atoms with Gasteiger partial charge in [-0.25, -0.2) is 14.4 Å². The Labute approximate surface area is 278 Å². The molecule has 11 nitrogen and oxygen atoms in total. The van der Waals surface area contributed by atoms with Crippen LogP contribution in [0.4, 0.5) is 0 Å². The molecule has 1 aromatic carbocycles. The molecule has 0 N–H and O–H groups in total. The van der Waals surface area contributed by atoms with Gasteiger partial charge in [0.1, 0.15) is 16.9 Å². The minimum Gasteiger partial charge on any atom is -0.483 e. The van der Waals surface area contributed by atoms with Crippen molar-refractivity contribution in [3.8, 4) is 5.75 Å². The number of hydrogen-bond acceptors (Lipinski definition) is 11. The smallest absolute Gasteiger partial charge is 0.351 e. The monoisotopic (exact) mass is 664 g/mol. The van der Waals surface area contributed by atoms with Gasteiger partial charge >= 0.3 is 29.5 Å². The van der Waals surface area contributed by atoms with Crippen LogP contribution in [0.15, 0.2) is 27.4 Å². The van der Waals surface area contributed by atoms with Crippen molar-refractivity contribution in [2.45, 2.75) is 130 Å². The third kappa shape index (κ3) is 3.68. The first kappa shape index (κ1) is 32.6. The lowest BCUT2D eigenvalue weighted by molar-refractivity contribution is -0.217. The Balaban J connectivity index is 1.38. The second-order valence-corrected chi connectivity index (χ2v) is 16.4. The number of carbonyl (C=O) groups excluding carboxylic acids is 4. The fourth-order valence-electron chi connectivity index (χ4n) is 9.14. The van der Waals surface area contributed by atoms with Gasteiger partial charge < -0.3 is 28.1 Å². The normalized spacial score (nSPS) is 36.3. The maximum atomic E-state index is 14.5. The molecule has 5 aliphatic rings. The van der Waals surface area contributed by atoms with Crippen LogP contribution in [0.25, 0.3) is 11.0 Å². The summed E-state index contributed by atoms with van der Waals surface area (Å²) in [6.45, 7) is 16.3. The summed E-state index contributed by atoms with van der Waals surface area (Å²) in [4.78, 5) is 68.1. The van der Waals surface area contributed by atoms with Crippen LogP contribution in [0.5, 0.6) is 5.75 Å². The van der Waals surface area contributed by atoms with E-state index in [9.17, 15) is 24.0 Å². The number of carbonyl (C=O) groups is 4. The number of aryl methyl sites for hydroxylation is 1. The van der Waals surface area contributed by atoms with E-state index in [2.05, 4.69) is 0 Å². The summed E-state index contributed by atoms with van der Waals surface area (Å²) in [6.07, 6.45) is 0.0817. The largest absolute Gasteiger partial charge is 0.483 e. The second kappa shape index (κ2) is 9.63. The van der Waals surface area contributed by atoms with E-state index in [0.29, 0.717) is 24.6 Å². The predicted molar refractivity (Wildman–Crippen MR) is 170 cm³/mol. The minimum atomic E-state index is -1.59. The van der Waals surface area contributed by atoms with Crippen molar-refractivity contribution in [2.24, 2.45) is 21.7 Å². The number of rotatable bonds is 6. The van der Waals surface area contributed by atoms with Gasteiger partial charge in [-0.1, -0.05) is 41.0 Å². The van der Waals surface area contributed by atoms with E-state index in [-0.39, 0.29) is 29.7 Å². The molecule has 2 saturated carbocycles. The van der Waals surface area contributed by atoms with Crippen LogP contribution in [-0.4, -0.2) is 46.8 Å². The molecular weight excluding hydrogens is 620 g/mol. The lowest BCUT2D eigenvalue weighted by Crippen LogP contribution is -2.57.